The van der Waals surface area contributed by atoms with E-state index in [4.69, 9.17) is 0 Å². The lowest BCUT2D eigenvalue weighted by molar-refractivity contribution is 0.318. The monoisotopic (exact) mass is 339 g/mol. The van der Waals surface area contributed by atoms with Gasteiger partial charge < -0.3 is 15.6 Å². The number of H-pyrrole nitrogens is 1. The van der Waals surface area contributed by atoms with Gasteiger partial charge in [-0.15, -0.1) is 0 Å². The van der Waals surface area contributed by atoms with Gasteiger partial charge >= 0.3 is 0 Å². The Labute approximate surface area is 152 Å². The van der Waals surface area contributed by atoms with E-state index in [9.17, 15) is 0 Å². The van der Waals surface area contributed by atoms with E-state index in [0.29, 0.717) is 12.1 Å². The summed E-state index contributed by atoms with van der Waals surface area (Å²) in [5, 5.41) is 8.98. The predicted molar refractivity (Wildman–Crippen MR) is 106 cm³/mol. The Balaban J connectivity index is 1.57. The summed E-state index contributed by atoms with van der Waals surface area (Å²) in [6, 6.07) is 8.73. The predicted octanol–water partition coefficient (Wildman–Crippen LogP) is 4.97. The molecule has 4 rings (SSSR count). The third-order valence-corrected chi connectivity index (χ3v) is 6.03. The fraction of sp³-hybridized carbons (Fsp3) is 0.636. The molecule has 1 atom stereocenters. The van der Waals surface area contributed by atoms with Crippen molar-refractivity contribution in [2.24, 2.45) is 0 Å². The van der Waals surface area contributed by atoms with Crippen molar-refractivity contribution in [3.8, 4) is 0 Å². The number of aromatic nitrogens is 1. The van der Waals surface area contributed by atoms with E-state index >= 15 is 0 Å². The van der Waals surface area contributed by atoms with E-state index in [1.165, 1.54) is 73.5 Å². The Morgan fingerprint density at radius 3 is 2.72 bits per heavy atom. The number of aromatic amines is 1. The van der Waals surface area contributed by atoms with Crippen molar-refractivity contribution in [2.75, 3.05) is 0 Å². The average Bonchev–Trinajstić information content (AvgIpc) is 3.00. The lowest BCUT2D eigenvalue weighted by Gasteiger charge is -2.31. The van der Waals surface area contributed by atoms with Gasteiger partial charge in [0.2, 0.25) is 0 Å². The van der Waals surface area contributed by atoms with E-state index in [1.807, 2.05) is 0 Å². The number of nitrogens with one attached hydrogen (secondary N) is 3. The second kappa shape index (κ2) is 7.51. The molecule has 25 heavy (non-hydrogen) atoms. The summed E-state index contributed by atoms with van der Waals surface area (Å²) in [6.07, 6.45) is 10.7. The molecule has 1 aromatic carbocycles. The van der Waals surface area contributed by atoms with Gasteiger partial charge in [0.15, 0.2) is 0 Å². The van der Waals surface area contributed by atoms with Gasteiger partial charge in [-0.25, -0.2) is 0 Å². The van der Waals surface area contributed by atoms with E-state index < -0.39 is 0 Å². The quantitative estimate of drug-likeness (QED) is 0.720. The summed E-state index contributed by atoms with van der Waals surface area (Å²) in [7, 11) is 0. The second-order valence-corrected chi connectivity index (χ2v) is 8.38. The van der Waals surface area contributed by atoms with Crippen LogP contribution in [0.1, 0.15) is 81.7 Å². The molecule has 0 spiro atoms. The summed E-state index contributed by atoms with van der Waals surface area (Å²) in [5.41, 5.74) is 5.75. The van der Waals surface area contributed by atoms with E-state index in [-0.39, 0.29) is 0 Å². The molecule has 1 saturated carbocycles. The molecule has 3 nitrogen and oxygen atoms in total. The van der Waals surface area contributed by atoms with Crippen molar-refractivity contribution >= 4 is 10.9 Å². The Hall–Kier alpha value is -1.32. The van der Waals surface area contributed by atoms with Crippen LogP contribution in [0.2, 0.25) is 0 Å². The maximum Gasteiger partial charge on any atom is 0.0478 e. The molecule has 3 heteroatoms. The molecule has 2 aliphatic rings. The minimum Gasteiger partial charge on any atom is -0.357 e. The van der Waals surface area contributed by atoms with Crippen LogP contribution in [0.3, 0.4) is 0 Å². The van der Waals surface area contributed by atoms with E-state index in [0.717, 1.165) is 12.6 Å². The number of aryl methyl sites for hydroxylation is 1. The first-order valence-electron chi connectivity index (χ1n) is 10.3. The minimum atomic E-state index is 0.525. The maximum atomic E-state index is 3.99. The first-order valence-corrected chi connectivity index (χ1v) is 10.3. The topological polar surface area (TPSA) is 39.9 Å². The Morgan fingerprint density at radius 1 is 1.08 bits per heavy atom. The summed E-state index contributed by atoms with van der Waals surface area (Å²) in [6.45, 7) is 5.37. The highest BCUT2D eigenvalue weighted by atomic mass is 15.0. The van der Waals surface area contributed by atoms with Gasteiger partial charge in [0.05, 0.1) is 0 Å². The first-order chi connectivity index (χ1) is 12.2. The smallest absolute Gasteiger partial charge is 0.0478 e. The third-order valence-electron chi connectivity index (χ3n) is 6.03. The highest BCUT2D eigenvalue weighted by Gasteiger charge is 2.26. The Kier molecular flexibility index (Phi) is 5.14. The highest BCUT2D eigenvalue weighted by Crippen LogP contribution is 2.36. The van der Waals surface area contributed by atoms with Crippen molar-refractivity contribution in [1.82, 2.24) is 15.6 Å². The summed E-state index contributed by atoms with van der Waals surface area (Å²) >= 11 is 0. The SMILES string of the molecule is CC(C)NCc1ccc2[nH]c3c(c2c1)CCCC3NC1CCCCC1. The molecule has 2 aliphatic carbocycles. The van der Waals surface area contributed by atoms with Crippen molar-refractivity contribution in [3.63, 3.8) is 0 Å². The summed E-state index contributed by atoms with van der Waals surface area (Å²) in [5.74, 6) is 0. The van der Waals surface area contributed by atoms with Crippen LogP contribution >= 0.6 is 0 Å². The molecule has 1 unspecified atom stereocenters. The number of rotatable bonds is 5. The third kappa shape index (κ3) is 3.78. The molecule has 0 saturated heterocycles. The minimum absolute atomic E-state index is 0.525. The number of hydrogen-bond donors (Lipinski definition) is 3. The van der Waals surface area contributed by atoms with Gasteiger partial charge in [-0.1, -0.05) is 39.2 Å². The van der Waals surface area contributed by atoms with Crippen molar-refractivity contribution in [1.29, 1.82) is 0 Å². The fourth-order valence-electron chi connectivity index (χ4n) is 4.66. The van der Waals surface area contributed by atoms with Crippen LogP contribution in [0.5, 0.6) is 0 Å². The van der Waals surface area contributed by atoms with Gasteiger partial charge in [0, 0.05) is 41.3 Å². The average molecular weight is 340 g/mol. The zero-order valence-electron chi connectivity index (χ0n) is 15.8. The lowest BCUT2D eigenvalue weighted by atomic mass is 9.89. The number of fused-ring (bicyclic) bond motifs is 3. The van der Waals surface area contributed by atoms with Gasteiger partial charge in [-0.3, -0.25) is 0 Å². The second-order valence-electron chi connectivity index (χ2n) is 8.38. The standard InChI is InChI=1S/C22H33N3/c1-15(2)23-14-16-11-12-20-19(13-16)18-9-6-10-21(22(18)25-20)24-17-7-4-3-5-8-17/h11-13,15,17,21,23-25H,3-10,14H2,1-2H3. The Morgan fingerprint density at radius 2 is 1.92 bits per heavy atom. The van der Waals surface area contributed by atoms with Crippen LogP contribution in [0.15, 0.2) is 18.2 Å². The number of benzene rings is 1. The first kappa shape index (κ1) is 17.1. The molecule has 1 aromatic heterocycles. The molecule has 0 radical (unpaired) electrons. The summed E-state index contributed by atoms with van der Waals surface area (Å²) in [4.78, 5) is 3.76. The van der Waals surface area contributed by atoms with E-state index in [1.54, 1.807) is 5.56 Å². The molecule has 0 aliphatic heterocycles. The van der Waals surface area contributed by atoms with Crippen molar-refractivity contribution in [2.45, 2.75) is 89.9 Å². The normalized spacial score (nSPS) is 21.8. The van der Waals surface area contributed by atoms with Crippen LogP contribution in [-0.2, 0) is 13.0 Å². The molecular weight excluding hydrogens is 306 g/mol. The van der Waals surface area contributed by atoms with Crippen molar-refractivity contribution in [3.05, 3.63) is 35.0 Å². The lowest BCUT2D eigenvalue weighted by Crippen LogP contribution is -2.36. The van der Waals surface area contributed by atoms with Crippen molar-refractivity contribution < 1.29 is 0 Å². The Bertz CT molecular complexity index is 709. The summed E-state index contributed by atoms with van der Waals surface area (Å²) < 4.78 is 0. The van der Waals surface area contributed by atoms with E-state index in [2.05, 4.69) is 47.7 Å². The van der Waals surface area contributed by atoms with Crippen LogP contribution in [0.25, 0.3) is 10.9 Å². The molecular formula is C22H33N3. The zero-order valence-corrected chi connectivity index (χ0v) is 15.8. The van der Waals surface area contributed by atoms with Crippen LogP contribution < -0.4 is 10.6 Å². The molecule has 0 bridgehead atoms. The van der Waals surface area contributed by atoms with Crippen LogP contribution in [0.4, 0.5) is 0 Å². The molecule has 1 fully saturated rings. The molecule has 3 N–H and O–H groups in total. The molecule has 2 aromatic rings. The van der Waals surface area contributed by atoms with Crippen LogP contribution in [0, 0.1) is 0 Å². The largest absolute Gasteiger partial charge is 0.357 e. The van der Waals surface area contributed by atoms with Gasteiger partial charge in [0.25, 0.3) is 0 Å². The molecule has 1 heterocycles. The van der Waals surface area contributed by atoms with Gasteiger partial charge in [-0.2, -0.15) is 0 Å². The van der Waals surface area contributed by atoms with Crippen LogP contribution in [-0.4, -0.2) is 17.1 Å². The zero-order chi connectivity index (χ0) is 17.2. The fourth-order valence-corrected chi connectivity index (χ4v) is 4.66. The number of hydrogen-bond acceptors (Lipinski definition) is 2. The highest BCUT2D eigenvalue weighted by molar-refractivity contribution is 5.85. The maximum absolute atomic E-state index is 3.99. The molecule has 0 amide bonds. The van der Waals surface area contributed by atoms with Gasteiger partial charge in [0.1, 0.15) is 0 Å². The van der Waals surface area contributed by atoms with Gasteiger partial charge in [-0.05, 0) is 55.4 Å². The molecule has 136 valence electrons.